The lowest BCUT2D eigenvalue weighted by Gasteiger charge is -2.46. The van der Waals surface area contributed by atoms with Crippen molar-refractivity contribution < 1.29 is 30.7 Å². The molecule has 3 heterocycles. The summed E-state index contributed by atoms with van der Waals surface area (Å²) in [7, 11) is -5.28. The van der Waals surface area contributed by atoms with E-state index in [9.17, 15) is 26.0 Å². The Labute approximate surface area is 134 Å². The highest BCUT2D eigenvalue weighted by molar-refractivity contribution is 8.01. The molecule has 1 unspecified atom stereocenters. The van der Waals surface area contributed by atoms with E-state index >= 15 is 0 Å². The fourth-order valence-corrected chi connectivity index (χ4v) is 5.44. The smallest absolute Gasteiger partial charge is 0.471 e. The first kappa shape index (κ1) is 16.8. The first-order valence-electron chi connectivity index (χ1n) is 6.61. The molecule has 0 bridgehead atoms. The number of nitrogens with zero attached hydrogens (tertiary/aromatic N) is 2. The van der Waals surface area contributed by atoms with Crippen LogP contribution in [0.4, 0.5) is 17.6 Å². The van der Waals surface area contributed by atoms with Gasteiger partial charge in [-0.1, -0.05) is 0 Å². The molecular weight excluding hydrogens is 360 g/mol. The summed E-state index contributed by atoms with van der Waals surface area (Å²) in [6, 6.07) is 2.61. The molecule has 128 valence electrons. The maximum Gasteiger partial charge on any atom is 0.511 e. The topological polar surface area (TPSA) is 59.5 Å². The molecular formula is C12H12F4N2O3S2. The van der Waals surface area contributed by atoms with Gasteiger partial charge in [-0.3, -0.25) is 0 Å². The van der Waals surface area contributed by atoms with Crippen molar-refractivity contribution in [1.82, 2.24) is 9.29 Å². The maximum atomic E-state index is 13.5. The Bertz CT molecular complexity index is 705. The van der Waals surface area contributed by atoms with Crippen LogP contribution in [0.5, 0.6) is 5.88 Å². The average Bonchev–Trinajstić information content (AvgIpc) is 2.83. The van der Waals surface area contributed by atoms with Gasteiger partial charge in [0.25, 0.3) is 5.88 Å². The molecule has 1 aromatic heterocycles. The molecule has 5 nitrogen and oxygen atoms in total. The van der Waals surface area contributed by atoms with Gasteiger partial charge in [0.05, 0.1) is 0 Å². The molecule has 2 fully saturated rings. The molecule has 0 saturated carbocycles. The summed E-state index contributed by atoms with van der Waals surface area (Å²) in [5, 5.41) is 0. The van der Waals surface area contributed by atoms with Gasteiger partial charge in [0, 0.05) is 36.2 Å². The van der Waals surface area contributed by atoms with Gasteiger partial charge in [0.15, 0.2) is 5.82 Å². The highest BCUT2D eigenvalue weighted by Gasteiger charge is 2.60. The van der Waals surface area contributed by atoms with Crippen molar-refractivity contribution in [2.75, 3.05) is 18.8 Å². The molecule has 0 amide bonds. The van der Waals surface area contributed by atoms with E-state index in [1.165, 1.54) is 30.1 Å². The molecule has 2 saturated heterocycles. The number of hydrogen-bond acceptors (Lipinski definition) is 5. The van der Waals surface area contributed by atoms with Gasteiger partial charge in [-0.25, -0.2) is 17.8 Å². The van der Waals surface area contributed by atoms with Crippen LogP contribution in [0, 0.1) is 5.82 Å². The zero-order chi connectivity index (χ0) is 16.9. The number of hydrogen-bond donors (Lipinski definition) is 0. The zero-order valence-corrected chi connectivity index (χ0v) is 13.2. The van der Waals surface area contributed by atoms with Crippen LogP contribution in [0.15, 0.2) is 18.3 Å². The molecule has 0 N–H and O–H groups in total. The highest BCUT2D eigenvalue weighted by atomic mass is 32.2. The molecule has 0 aliphatic carbocycles. The van der Waals surface area contributed by atoms with Crippen molar-refractivity contribution in [3.8, 4) is 5.88 Å². The van der Waals surface area contributed by atoms with Gasteiger partial charge < -0.3 is 4.74 Å². The maximum absolute atomic E-state index is 13.5. The molecule has 1 spiro atoms. The summed E-state index contributed by atoms with van der Waals surface area (Å²) < 4.78 is 78.7. The number of aromatic nitrogens is 1. The minimum absolute atomic E-state index is 0.158. The van der Waals surface area contributed by atoms with Crippen LogP contribution in [-0.4, -0.2) is 52.9 Å². The molecule has 3 rings (SSSR count). The Balaban J connectivity index is 1.61. The predicted octanol–water partition coefficient (Wildman–Crippen LogP) is 2.01. The minimum atomic E-state index is -5.29. The Morgan fingerprint density at radius 1 is 1.39 bits per heavy atom. The number of sulfonamides is 1. The van der Waals surface area contributed by atoms with Gasteiger partial charge in [0.2, 0.25) is 0 Å². The third-order valence-corrected chi connectivity index (χ3v) is 6.84. The number of ether oxygens (including phenoxy) is 1. The summed E-state index contributed by atoms with van der Waals surface area (Å²) in [5.41, 5.74) is -5.29. The lowest BCUT2D eigenvalue weighted by atomic mass is 9.95. The standard InChI is InChI=1S/C12H12F4N2O3S2/c13-9-2-1-3-17-10(9)21-8-4-11(22-5-8)6-18(7-11)23(19,20)12(14,15)16/h1-3,8H,4-7H2. The summed E-state index contributed by atoms with van der Waals surface area (Å²) >= 11 is 1.35. The predicted molar refractivity (Wildman–Crippen MR) is 75.0 cm³/mol. The third kappa shape index (κ3) is 3.01. The molecule has 11 heteroatoms. The molecule has 1 atom stereocenters. The van der Waals surface area contributed by atoms with Gasteiger partial charge in [0.1, 0.15) is 6.10 Å². The van der Waals surface area contributed by atoms with Gasteiger partial charge in [-0.2, -0.15) is 17.5 Å². The van der Waals surface area contributed by atoms with E-state index < -0.39 is 32.2 Å². The van der Waals surface area contributed by atoms with Crippen molar-refractivity contribution in [2.24, 2.45) is 0 Å². The summed E-state index contributed by atoms with van der Waals surface area (Å²) in [6.07, 6.45) is 1.30. The van der Waals surface area contributed by atoms with Crippen LogP contribution in [0.3, 0.4) is 0 Å². The van der Waals surface area contributed by atoms with Crippen LogP contribution in [0.2, 0.25) is 0 Å². The molecule has 0 radical (unpaired) electrons. The quantitative estimate of drug-likeness (QED) is 0.760. The second-order valence-corrected chi connectivity index (χ2v) is 8.86. The second kappa shape index (κ2) is 5.49. The molecule has 2 aliphatic rings. The van der Waals surface area contributed by atoms with Crippen molar-refractivity contribution >= 4 is 21.8 Å². The number of rotatable bonds is 3. The monoisotopic (exact) mass is 372 g/mol. The Morgan fingerprint density at radius 3 is 2.70 bits per heavy atom. The van der Waals surface area contributed by atoms with Crippen LogP contribution in [-0.2, 0) is 10.0 Å². The van der Waals surface area contributed by atoms with Gasteiger partial charge >= 0.3 is 15.5 Å². The minimum Gasteiger partial charge on any atom is -0.471 e. The molecule has 2 aliphatic heterocycles. The fraction of sp³-hybridized carbons (Fsp3) is 0.583. The summed E-state index contributed by atoms with van der Waals surface area (Å²) in [5.74, 6) is -0.335. The van der Waals surface area contributed by atoms with Crippen molar-refractivity contribution in [2.45, 2.75) is 22.8 Å². The van der Waals surface area contributed by atoms with Crippen LogP contribution in [0.25, 0.3) is 0 Å². The Hall–Kier alpha value is -1.07. The normalized spacial score (nSPS) is 24.6. The lowest BCUT2D eigenvalue weighted by molar-refractivity contribution is -0.0517. The fourth-order valence-electron chi connectivity index (χ4n) is 2.63. The summed E-state index contributed by atoms with van der Waals surface area (Å²) in [6.45, 7) is -0.436. The van der Waals surface area contributed by atoms with Gasteiger partial charge in [-0.15, -0.1) is 11.8 Å². The second-order valence-electron chi connectivity index (χ2n) is 5.45. The third-order valence-electron chi connectivity index (χ3n) is 3.74. The van der Waals surface area contributed by atoms with Crippen LogP contribution < -0.4 is 4.74 Å². The first-order chi connectivity index (χ1) is 10.6. The highest BCUT2D eigenvalue weighted by Crippen LogP contribution is 2.48. The molecule has 0 aromatic carbocycles. The zero-order valence-electron chi connectivity index (χ0n) is 11.6. The number of pyridine rings is 1. The molecule has 1 aromatic rings. The van der Waals surface area contributed by atoms with Gasteiger partial charge in [-0.05, 0) is 12.1 Å². The first-order valence-corrected chi connectivity index (χ1v) is 9.03. The number of thioether (sulfide) groups is 1. The van der Waals surface area contributed by atoms with E-state index in [0.29, 0.717) is 16.5 Å². The average molecular weight is 372 g/mol. The van der Waals surface area contributed by atoms with E-state index in [0.717, 1.165) is 0 Å². The van der Waals surface area contributed by atoms with E-state index in [-0.39, 0.29) is 19.0 Å². The van der Waals surface area contributed by atoms with Crippen LogP contribution in [0.1, 0.15) is 6.42 Å². The number of halogens is 4. The summed E-state index contributed by atoms with van der Waals surface area (Å²) in [4.78, 5) is 3.76. The van der Waals surface area contributed by atoms with E-state index in [1.54, 1.807) is 0 Å². The van der Waals surface area contributed by atoms with E-state index in [1.807, 2.05) is 0 Å². The van der Waals surface area contributed by atoms with E-state index in [2.05, 4.69) is 4.98 Å². The van der Waals surface area contributed by atoms with Crippen molar-refractivity contribution in [1.29, 1.82) is 0 Å². The van der Waals surface area contributed by atoms with E-state index in [4.69, 9.17) is 4.74 Å². The Kier molecular flexibility index (Phi) is 4.00. The van der Waals surface area contributed by atoms with Crippen molar-refractivity contribution in [3.63, 3.8) is 0 Å². The van der Waals surface area contributed by atoms with Crippen LogP contribution >= 0.6 is 11.8 Å². The lowest BCUT2D eigenvalue weighted by Crippen LogP contribution is -2.62. The van der Waals surface area contributed by atoms with Crippen molar-refractivity contribution in [3.05, 3.63) is 24.1 Å². The SMILES string of the molecule is O=S(=O)(N1CC2(CC(Oc3ncccc3F)CS2)C1)C(F)(F)F. The Morgan fingerprint density at radius 2 is 2.09 bits per heavy atom. The largest absolute Gasteiger partial charge is 0.511 e. The number of alkyl halides is 3. The molecule has 23 heavy (non-hydrogen) atoms.